The van der Waals surface area contributed by atoms with Crippen molar-refractivity contribution in [3.63, 3.8) is 0 Å². The van der Waals surface area contributed by atoms with E-state index in [1.807, 2.05) is 12.3 Å². The molecule has 1 aromatic carbocycles. The van der Waals surface area contributed by atoms with Gasteiger partial charge in [0.05, 0.1) is 18.2 Å². The standard InChI is InChI=1S/C16H21N3O/c1-19(12-15-10-17-7-8-20-15)11-13-4-5-16-14(9-13)3-2-6-18-16/h2-6,9,15,17H,7-8,10-12H2,1H3. The van der Waals surface area contributed by atoms with E-state index in [0.29, 0.717) is 6.10 Å². The van der Waals surface area contributed by atoms with E-state index >= 15 is 0 Å². The predicted octanol–water partition coefficient (Wildman–Crippen LogP) is 1.65. The Morgan fingerprint density at radius 3 is 3.20 bits per heavy atom. The van der Waals surface area contributed by atoms with E-state index in [2.05, 4.69) is 46.5 Å². The summed E-state index contributed by atoms with van der Waals surface area (Å²) in [7, 11) is 2.14. The van der Waals surface area contributed by atoms with Gasteiger partial charge in [0.25, 0.3) is 0 Å². The van der Waals surface area contributed by atoms with Gasteiger partial charge in [-0.15, -0.1) is 0 Å². The van der Waals surface area contributed by atoms with E-state index in [0.717, 1.165) is 38.3 Å². The number of ether oxygens (including phenoxy) is 1. The number of morpholine rings is 1. The lowest BCUT2D eigenvalue weighted by molar-refractivity contribution is 0.00885. The van der Waals surface area contributed by atoms with Gasteiger partial charge in [-0.2, -0.15) is 0 Å². The maximum atomic E-state index is 5.74. The number of nitrogens with zero attached hydrogens (tertiary/aromatic N) is 2. The second-order valence-corrected chi connectivity index (χ2v) is 5.42. The molecule has 1 saturated heterocycles. The summed E-state index contributed by atoms with van der Waals surface area (Å²) in [6, 6.07) is 10.6. The van der Waals surface area contributed by atoms with Gasteiger partial charge in [-0.1, -0.05) is 12.1 Å². The molecule has 0 amide bonds. The number of nitrogens with one attached hydrogen (secondary N) is 1. The molecule has 1 aromatic heterocycles. The lowest BCUT2D eigenvalue weighted by Gasteiger charge is -2.28. The van der Waals surface area contributed by atoms with Crippen LogP contribution in [0, 0.1) is 0 Å². The minimum atomic E-state index is 0.302. The number of fused-ring (bicyclic) bond motifs is 1. The molecule has 2 heterocycles. The number of pyridine rings is 1. The van der Waals surface area contributed by atoms with Crippen LogP contribution in [0.4, 0.5) is 0 Å². The van der Waals surface area contributed by atoms with Gasteiger partial charge in [-0.05, 0) is 30.8 Å². The summed E-state index contributed by atoms with van der Waals surface area (Å²) in [5, 5.41) is 4.57. The molecule has 0 spiro atoms. The van der Waals surface area contributed by atoms with E-state index in [4.69, 9.17) is 4.74 Å². The quantitative estimate of drug-likeness (QED) is 0.917. The Balaban J connectivity index is 1.62. The van der Waals surface area contributed by atoms with E-state index < -0.39 is 0 Å². The molecule has 20 heavy (non-hydrogen) atoms. The molecule has 4 nitrogen and oxygen atoms in total. The topological polar surface area (TPSA) is 37.4 Å². The fraction of sp³-hybridized carbons (Fsp3) is 0.438. The van der Waals surface area contributed by atoms with E-state index in [-0.39, 0.29) is 0 Å². The van der Waals surface area contributed by atoms with Crippen LogP contribution < -0.4 is 5.32 Å². The fourth-order valence-corrected chi connectivity index (χ4v) is 2.68. The van der Waals surface area contributed by atoms with E-state index in [1.54, 1.807) is 0 Å². The van der Waals surface area contributed by atoms with E-state index in [9.17, 15) is 0 Å². The van der Waals surface area contributed by atoms with Gasteiger partial charge in [-0.3, -0.25) is 9.88 Å². The van der Waals surface area contributed by atoms with E-state index in [1.165, 1.54) is 10.9 Å². The summed E-state index contributed by atoms with van der Waals surface area (Å²) in [6.07, 6.45) is 2.14. The lowest BCUT2D eigenvalue weighted by Crippen LogP contribution is -2.44. The monoisotopic (exact) mass is 271 g/mol. The Morgan fingerprint density at radius 1 is 1.40 bits per heavy atom. The third kappa shape index (κ3) is 3.33. The molecule has 1 atom stereocenters. The van der Waals surface area contributed by atoms with Crippen molar-refractivity contribution in [2.75, 3.05) is 33.3 Å². The second kappa shape index (κ2) is 6.31. The Hall–Kier alpha value is -1.49. The molecule has 0 aliphatic carbocycles. The largest absolute Gasteiger partial charge is 0.374 e. The van der Waals surface area contributed by atoms with Crippen molar-refractivity contribution in [3.05, 3.63) is 42.1 Å². The molecule has 1 unspecified atom stereocenters. The van der Waals surface area contributed by atoms with Crippen molar-refractivity contribution < 1.29 is 4.74 Å². The minimum absolute atomic E-state index is 0.302. The summed E-state index contributed by atoms with van der Waals surface area (Å²) >= 11 is 0. The summed E-state index contributed by atoms with van der Waals surface area (Å²) in [4.78, 5) is 6.67. The zero-order valence-electron chi connectivity index (χ0n) is 11.9. The first-order chi connectivity index (χ1) is 9.81. The first kappa shape index (κ1) is 13.5. The molecule has 0 bridgehead atoms. The zero-order chi connectivity index (χ0) is 13.8. The van der Waals surface area contributed by atoms with Crippen molar-refractivity contribution >= 4 is 10.9 Å². The molecular weight excluding hydrogens is 250 g/mol. The summed E-state index contributed by atoms with van der Waals surface area (Å²) in [6.45, 7) is 4.63. The Bertz CT molecular complexity index is 566. The van der Waals surface area contributed by atoms with Crippen molar-refractivity contribution in [3.8, 4) is 0 Å². The molecule has 106 valence electrons. The van der Waals surface area contributed by atoms with Gasteiger partial charge < -0.3 is 10.1 Å². The van der Waals surface area contributed by atoms with Gasteiger partial charge >= 0.3 is 0 Å². The summed E-state index contributed by atoms with van der Waals surface area (Å²) in [5.74, 6) is 0. The van der Waals surface area contributed by atoms with Gasteiger partial charge in [0, 0.05) is 37.8 Å². The van der Waals surface area contributed by atoms with Gasteiger partial charge in [0.15, 0.2) is 0 Å². The van der Waals surface area contributed by atoms with Crippen LogP contribution >= 0.6 is 0 Å². The summed E-state index contributed by atoms with van der Waals surface area (Å²) in [5.41, 5.74) is 2.37. The van der Waals surface area contributed by atoms with Crippen LogP contribution in [-0.2, 0) is 11.3 Å². The smallest absolute Gasteiger partial charge is 0.0826 e. The van der Waals surface area contributed by atoms with Crippen LogP contribution in [0.5, 0.6) is 0 Å². The van der Waals surface area contributed by atoms with Crippen LogP contribution in [-0.4, -0.2) is 49.3 Å². The maximum absolute atomic E-state index is 5.74. The molecule has 3 rings (SSSR count). The second-order valence-electron chi connectivity index (χ2n) is 5.42. The zero-order valence-corrected chi connectivity index (χ0v) is 11.9. The summed E-state index contributed by atoms with van der Waals surface area (Å²) < 4.78 is 5.74. The number of aromatic nitrogens is 1. The predicted molar refractivity (Wildman–Crippen MR) is 80.7 cm³/mol. The first-order valence-electron chi connectivity index (χ1n) is 7.16. The molecule has 1 N–H and O–H groups in total. The molecule has 2 aromatic rings. The number of hydrogen-bond acceptors (Lipinski definition) is 4. The Labute approximate surface area is 119 Å². The van der Waals surface area contributed by atoms with Gasteiger partial charge in [0.1, 0.15) is 0 Å². The van der Waals surface area contributed by atoms with Crippen LogP contribution in [0.2, 0.25) is 0 Å². The first-order valence-corrected chi connectivity index (χ1v) is 7.16. The molecular formula is C16H21N3O. The SMILES string of the molecule is CN(Cc1ccc2ncccc2c1)CC1CNCCO1. The molecule has 0 saturated carbocycles. The fourth-order valence-electron chi connectivity index (χ4n) is 2.68. The van der Waals surface area contributed by atoms with Crippen molar-refractivity contribution in [1.82, 2.24) is 15.2 Å². The number of hydrogen-bond donors (Lipinski definition) is 1. The van der Waals surface area contributed by atoms with Crippen LogP contribution in [0.1, 0.15) is 5.56 Å². The number of rotatable bonds is 4. The average molecular weight is 271 g/mol. The maximum Gasteiger partial charge on any atom is 0.0826 e. The van der Waals surface area contributed by atoms with Crippen LogP contribution in [0.25, 0.3) is 10.9 Å². The molecule has 1 aliphatic heterocycles. The van der Waals surface area contributed by atoms with Crippen molar-refractivity contribution in [2.24, 2.45) is 0 Å². The highest BCUT2D eigenvalue weighted by Gasteiger charge is 2.15. The molecule has 4 heteroatoms. The van der Waals surface area contributed by atoms with Gasteiger partial charge in [-0.25, -0.2) is 0 Å². The average Bonchev–Trinajstić information content (AvgIpc) is 2.48. The third-order valence-electron chi connectivity index (χ3n) is 3.64. The molecule has 1 fully saturated rings. The van der Waals surface area contributed by atoms with Crippen molar-refractivity contribution in [2.45, 2.75) is 12.6 Å². The number of benzene rings is 1. The highest BCUT2D eigenvalue weighted by Crippen LogP contribution is 2.14. The van der Waals surface area contributed by atoms with Crippen molar-refractivity contribution in [1.29, 1.82) is 0 Å². The van der Waals surface area contributed by atoms with Crippen LogP contribution in [0.3, 0.4) is 0 Å². The van der Waals surface area contributed by atoms with Crippen LogP contribution in [0.15, 0.2) is 36.5 Å². The molecule has 1 aliphatic rings. The Morgan fingerprint density at radius 2 is 2.35 bits per heavy atom. The lowest BCUT2D eigenvalue weighted by atomic mass is 10.1. The Kier molecular flexibility index (Phi) is 4.25. The number of likely N-dealkylation sites (N-methyl/N-ethyl adjacent to an activating group) is 1. The normalized spacial score (nSPS) is 19.6. The highest BCUT2D eigenvalue weighted by molar-refractivity contribution is 5.78. The minimum Gasteiger partial charge on any atom is -0.374 e. The molecule has 0 radical (unpaired) electrons. The van der Waals surface area contributed by atoms with Gasteiger partial charge in [0.2, 0.25) is 0 Å². The third-order valence-corrected chi connectivity index (χ3v) is 3.64. The highest BCUT2D eigenvalue weighted by atomic mass is 16.5.